The predicted octanol–water partition coefficient (Wildman–Crippen LogP) is 5.30. The van der Waals surface area contributed by atoms with E-state index < -0.39 is 0 Å². The Morgan fingerprint density at radius 1 is 0.969 bits per heavy atom. The third kappa shape index (κ3) is 6.17. The highest BCUT2D eigenvalue weighted by Crippen LogP contribution is 2.33. The molecule has 0 bridgehead atoms. The fraction of sp³-hybridized carbons (Fsp3) is 0.400. The van der Waals surface area contributed by atoms with Gasteiger partial charge in [0.2, 0.25) is 11.8 Å². The van der Waals surface area contributed by atoms with Gasteiger partial charge in [0.15, 0.2) is 0 Å². The van der Waals surface area contributed by atoms with E-state index in [1.165, 1.54) is 0 Å². The highest BCUT2D eigenvalue weighted by atomic mass is 16.5. The van der Waals surface area contributed by atoms with Crippen molar-refractivity contribution in [3.8, 4) is 0 Å². The summed E-state index contributed by atoms with van der Waals surface area (Å²) in [7, 11) is 0. The maximum Gasteiger partial charge on any atom is 0.407 e. The van der Waals surface area contributed by atoms with Gasteiger partial charge in [-0.2, -0.15) is 0 Å². The number of nitrogens with one attached hydrogen (secondary N) is 1. The SMILES string of the molecule is C[C@@H](OCc1ccccc1)c1nnc(C2CCC(NC(=O)OCc3ccccc3)CC2)o1. The number of ether oxygens (including phenoxy) is 2. The zero-order valence-electron chi connectivity index (χ0n) is 18.3. The molecule has 1 fully saturated rings. The van der Waals surface area contributed by atoms with Crippen molar-refractivity contribution in [3.63, 3.8) is 0 Å². The van der Waals surface area contributed by atoms with Crippen LogP contribution in [0.3, 0.4) is 0 Å². The second-order valence-corrected chi connectivity index (χ2v) is 8.17. The lowest BCUT2D eigenvalue weighted by Gasteiger charge is -2.26. The van der Waals surface area contributed by atoms with E-state index in [2.05, 4.69) is 15.5 Å². The highest BCUT2D eigenvalue weighted by molar-refractivity contribution is 5.67. The van der Waals surface area contributed by atoms with Crippen LogP contribution in [0.25, 0.3) is 0 Å². The lowest BCUT2D eigenvalue weighted by atomic mass is 9.86. The summed E-state index contributed by atoms with van der Waals surface area (Å²) in [6.07, 6.45) is 2.82. The molecule has 1 N–H and O–H groups in total. The molecule has 2 aromatic carbocycles. The average molecular weight is 436 g/mol. The summed E-state index contributed by atoms with van der Waals surface area (Å²) in [6, 6.07) is 19.8. The van der Waals surface area contributed by atoms with Crippen LogP contribution < -0.4 is 5.32 Å². The zero-order chi connectivity index (χ0) is 22.2. The fourth-order valence-electron chi connectivity index (χ4n) is 3.86. The molecule has 1 aromatic heterocycles. The largest absolute Gasteiger partial charge is 0.445 e. The summed E-state index contributed by atoms with van der Waals surface area (Å²) in [6.45, 7) is 2.69. The maximum atomic E-state index is 12.1. The van der Waals surface area contributed by atoms with Gasteiger partial charge in [-0.3, -0.25) is 0 Å². The lowest BCUT2D eigenvalue weighted by molar-refractivity contribution is 0.0333. The van der Waals surface area contributed by atoms with Crippen molar-refractivity contribution in [2.45, 2.75) is 63.9 Å². The molecule has 3 aromatic rings. The topological polar surface area (TPSA) is 86.5 Å². The molecule has 7 heteroatoms. The van der Waals surface area contributed by atoms with Gasteiger partial charge in [0, 0.05) is 12.0 Å². The number of hydrogen-bond acceptors (Lipinski definition) is 6. The van der Waals surface area contributed by atoms with Gasteiger partial charge >= 0.3 is 6.09 Å². The molecule has 1 amide bonds. The molecule has 1 atom stereocenters. The van der Waals surface area contributed by atoms with Crippen molar-refractivity contribution in [1.29, 1.82) is 0 Å². The Morgan fingerprint density at radius 3 is 2.25 bits per heavy atom. The Balaban J connectivity index is 1.19. The first kappa shape index (κ1) is 22.0. The summed E-state index contributed by atoms with van der Waals surface area (Å²) in [5.74, 6) is 1.36. The molecular formula is C25H29N3O4. The number of benzene rings is 2. The molecule has 1 aliphatic carbocycles. The van der Waals surface area contributed by atoms with Gasteiger partial charge in [-0.15, -0.1) is 10.2 Å². The van der Waals surface area contributed by atoms with Crippen LogP contribution in [0.15, 0.2) is 65.1 Å². The quantitative estimate of drug-likeness (QED) is 0.517. The van der Waals surface area contributed by atoms with Crippen LogP contribution in [0.2, 0.25) is 0 Å². The van der Waals surface area contributed by atoms with Crippen molar-refractivity contribution >= 4 is 6.09 Å². The molecule has 0 radical (unpaired) electrons. The number of carbonyl (C=O) groups excluding carboxylic acids is 1. The summed E-state index contributed by atoms with van der Waals surface area (Å²) >= 11 is 0. The summed E-state index contributed by atoms with van der Waals surface area (Å²) in [4.78, 5) is 12.1. The van der Waals surface area contributed by atoms with Crippen molar-refractivity contribution in [3.05, 3.63) is 83.6 Å². The molecule has 1 aliphatic rings. The highest BCUT2D eigenvalue weighted by Gasteiger charge is 2.28. The van der Waals surface area contributed by atoms with Gasteiger partial charge in [0.05, 0.1) is 6.61 Å². The van der Waals surface area contributed by atoms with Crippen LogP contribution in [0.1, 0.15) is 67.5 Å². The van der Waals surface area contributed by atoms with Crippen LogP contribution in [0.5, 0.6) is 0 Å². The number of carbonyl (C=O) groups is 1. The van der Waals surface area contributed by atoms with Gasteiger partial charge < -0.3 is 19.2 Å². The molecule has 0 spiro atoms. The Bertz CT molecular complexity index is 969. The fourth-order valence-corrected chi connectivity index (χ4v) is 3.86. The summed E-state index contributed by atoms with van der Waals surface area (Å²) in [5, 5.41) is 11.4. The van der Waals surface area contributed by atoms with Gasteiger partial charge in [-0.25, -0.2) is 4.79 Å². The second kappa shape index (κ2) is 10.9. The molecular weight excluding hydrogens is 406 g/mol. The Morgan fingerprint density at radius 2 is 1.59 bits per heavy atom. The zero-order valence-corrected chi connectivity index (χ0v) is 18.3. The third-order valence-corrected chi connectivity index (χ3v) is 5.76. The van der Waals surface area contributed by atoms with E-state index in [9.17, 15) is 4.79 Å². The number of aromatic nitrogens is 2. The molecule has 0 saturated heterocycles. The Hall–Kier alpha value is -3.19. The Kier molecular flexibility index (Phi) is 7.51. The first-order valence-electron chi connectivity index (χ1n) is 11.1. The van der Waals surface area contributed by atoms with Crippen molar-refractivity contribution in [2.75, 3.05) is 0 Å². The standard InChI is InChI=1S/C25H29N3O4/c1-18(30-16-19-8-4-2-5-9-19)23-27-28-24(32-23)21-12-14-22(15-13-21)26-25(29)31-17-20-10-6-3-7-11-20/h2-11,18,21-22H,12-17H2,1H3,(H,26,29)/t18-,21?,22?/m1/s1. The second-order valence-electron chi connectivity index (χ2n) is 8.17. The van der Waals surface area contributed by atoms with Crippen LogP contribution >= 0.6 is 0 Å². The molecule has 4 rings (SSSR count). The van der Waals surface area contributed by atoms with E-state index in [0.29, 0.717) is 18.4 Å². The van der Waals surface area contributed by atoms with E-state index in [1.54, 1.807) is 0 Å². The normalized spacial score (nSPS) is 19.3. The van der Waals surface area contributed by atoms with E-state index in [-0.39, 0.29) is 30.8 Å². The third-order valence-electron chi connectivity index (χ3n) is 5.76. The van der Waals surface area contributed by atoms with Crippen molar-refractivity contribution in [1.82, 2.24) is 15.5 Å². The first-order valence-corrected chi connectivity index (χ1v) is 11.1. The van der Waals surface area contributed by atoms with Crippen molar-refractivity contribution in [2.24, 2.45) is 0 Å². The van der Waals surface area contributed by atoms with Gasteiger partial charge in [0.25, 0.3) is 0 Å². The van der Waals surface area contributed by atoms with Crippen LogP contribution in [0, 0.1) is 0 Å². The van der Waals surface area contributed by atoms with Crippen LogP contribution in [-0.4, -0.2) is 22.3 Å². The number of rotatable bonds is 8. The number of hydrogen-bond donors (Lipinski definition) is 1. The van der Waals surface area contributed by atoms with Crippen LogP contribution in [-0.2, 0) is 22.7 Å². The molecule has 32 heavy (non-hydrogen) atoms. The number of alkyl carbamates (subject to hydrolysis) is 1. The van der Waals surface area contributed by atoms with E-state index in [4.69, 9.17) is 13.9 Å². The molecule has 1 saturated carbocycles. The number of nitrogens with zero attached hydrogens (tertiary/aromatic N) is 2. The molecule has 1 heterocycles. The molecule has 7 nitrogen and oxygen atoms in total. The summed E-state index contributed by atoms with van der Waals surface area (Å²) < 4.78 is 17.1. The minimum Gasteiger partial charge on any atom is -0.445 e. The van der Waals surface area contributed by atoms with Gasteiger partial charge in [-0.05, 0) is 43.7 Å². The van der Waals surface area contributed by atoms with E-state index in [0.717, 1.165) is 36.8 Å². The monoisotopic (exact) mass is 435 g/mol. The Labute approximate surface area is 188 Å². The maximum absolute atomic E-state index is 12.1. The predicted molar refractivity (Wildman–Crippen MR) is 119 cm³/mol. The van der Waals surface area contributed by atoms with Crippen molar-refractivity contribution < 1.29 is 18.7 Å². The smallest absolute Gasteiger partial charge is 0.407 e. The molecule has 0 aliphatic heterocycles. The van der Waals surface area contributed by atoms with Gasteiger partial charge in [-0.1, -0.05) is 60.7 Å². The number of amides is 1. The molecule has 168 valence electrons. The van der Waals surface area contributed by atoms with Gasteiger partial charge in [0.1, 0.15) is 12.7 Å². The van der Waals surface area contributed by atoms with E-state index >= 15 is 0 Å². The van der Waals surface area contributed by atoms with E-state index in [1.807, 2.05) is 67.6 Å². The average Bonchev–Trinajstić information content (AvgIpc) is 3.34. The minimum atomic E-state index is -0.373. The van der Waals surface area contributed by atoms with Crippen LogP contribution in [0.4, 0.5) is 4.79 Å². The molecule has 0 unspecified atom stereocenters. The lowest BCUT2D eigenvalue weighted by Crippen LogP contribution is -2.37. The first-order chi connectivity index (χ1) is 15.7. The minimum absolute atomic E-state index is 0.102. The summed E-state index contributed by atoms with van der Waals surface area (Å²) in [5.41, 5.74) is 2.08.